The number of hydrogen-bond acceptors (Lipinski definition) is 3. The molecular formula is C14H18N2O. The molecule has 1 atom stereocenters. The summed E-state index contributed by atoms with van der Waals surface area (Å²) < 4.78 is 5.72. The Labute approximate surface area is 101 Å². The van der Waals surface area contributed by atoms with Crippen LogP contribution >= 0.6 is 0 Å². The maximum atomic E-state index is 5.72. The van der Waals surface area contributed by atoms with Crippen molar-refractivity contribution < 1.29 is 4.42 Å². The van der Waals surface area contributed by atoms with Gasteiger partial charge in [-0.2, -0.15) is 0 Å². The summed E-state index contributed by atoms with van der Waals surface area (Å²) in [5, 5.41) is 3.40. The zero-order valence-electron chi connectivity index (χ0n) is 10.4. The van der Waals surface area contributed by atoms with E-state index in [0.717, 1.165) is 30.1 Å². The Kier molecular flexibility index (Phi) is 2.63. The fourth-order valence-corrected chi connectivity index (χ4v) is 2.40. The average Bonchev–Trinajstić information content (AvgIpc) is 2.97. The molecule has 3 heteroatoms. The van der Waals surface area contributed by atoms with E-state index in [1.807, 2.05) is 0 Å². The molecule has 0 radical (unpaired) electrons. The van der Waals surface area contributed by atoms with Crippen LogP contribution in [0.3, 0.4) is 0 Å². The Bertz CT molecular complexity index is 524. The van der Waals surface area contributed by atoms with Crippen molar-refractivity contribution in [2.45, 2.75) is 32.1 Å². The van der Waals surface area contributed by atoms with Crippen molar-refractivity contribution in [3.05, 3.63) is 29.7 Å². The highest BCUT2D eigenvalue weighted by atomic mass is 16.3. The van der Waals surface area contributed by atoms with E-state index in [4.69, 9.17) is 4.42 Å². The summed E-state index contributed by atoms with van der Waals surface area (Å²) in [4.78, 5) is 4.56. The van der Waals surface area contributed by atoms with Gasteiger partial charge in [-0.1, -0.05) is 19.9 Å². The number of fused-ring (bicyclic) bond motifs is 1. The minimum Gasteiger partial charge on any atom is -0.440 e. The number of rotatable bonds is 2. The van der Waals surface area contributed by atoms with E-state index < -0.39 is 0 Å². The molecule has 1 N–H and O–H groups in total. The maximum absolute atomic E-state index is 5.72. The lowest BCUT2D eigenvalue weighted by Gasteiger charge is -2.07. The molecule has 3 nitrogen and oxygen atoms in total. The van der Waals surface area contributed by atoms with Crippen LogP contribution in [0.25, 0.3) is 11.1 Å². The van der Waals surface area contributed by atoms with Gasteiger partial charge in [0.05, 0.1) is 0 Å². The minimum atomic E-state index is 0.346. The van der Waals surface area contributed by atoms with Crippen LogP contribution in [0.15, 0.2) is 22.6 Å². The predicted molar refractivity (Wildman–Crippen MR) is 68.3 cm³/mol. The number of oxazole rings is 1. The van der Waals surface area contributed by atoms with Gasteiger partial charge in [-0.15, -0.1) is 0 Å². The quantitative estimate of drug-likeness (QED) is 0.861. The molecule has 0 aliphatic carbocycles. The molecule has 17 heavy (non-hydrogen) atoms. The van der Waals surface area contributed by atoms with Crippen LogP contribution in [0.2, 0.25) is 0 Å². The van der Waals surface area contributed by atoms with Gasteiger partial charge in [0, 0.05) is 12.5 Å². The van der Waals surface area contributed by atoms with Crippen LogP contribution < -0.4 is 5.32 Å². The Morgan fingerprint density at radius 1 is 1.41 bits per heavy atom. The van der Waals surface area contributed by atoms with E-state index in [1.54, 1.807) is 0 Å². The highest BCUT2D eigenvalue weighted by molar-refractivity contribution is 5.73. The lowest BCUT2D eigenvalue weighted by atomic mass is 9.98. The molecule has 1 unspecified atom stereocenters. The van der Waals surface area contributed by atoms with Crippen LogP contribution in [0.5, 0.6) is 0 Å². The topological polar surface area (TPSA) is 38.1 Å². The number of benzene rings is 1. The van der Waals surface area contributed by atoms with Crippen LogP contribution in [0.4, 0.5) is 0 Å². The van der Waals surface area contributed by atoms with Gasteiger partial charge in [0.15, 0.2) is 11.5 Å². The zero-order valence-corrected chi connectivity index (χ0v) is 10.4. The Morgan fingerprint density at radius 2 is 2.29 bits per heavy atom. The van der Waals surface area contributed by atoms with Crippen molar-refractivity contribution in [1.82, 2.24) is 10.3 Å². The van der Waals surface area contributed by atoms with Crippen LogP contribution in [-0.4, -0.2) is 18.1 Å². The number of nitrogens with one attached hydrogen (secondary N) is 1. The smallest absolute Gasteiger partial charge is 0.198 e. The van der Waals surface area contributed by atoms with Gasteiger partial charge in [0.2, 0.25) is 0 Å². The molecule has 1 aromatic heterocycles. The zero-order chi connectivity index (χ0) is 11.8. The van der Waals surface area contributed by atoms with Gasteiger partial charge in [-0.3, -0.25) is 0 Å². The highest BCUT2D eigenvalue weighted by Crippen LogP contribution is 2.27. The molecule has 0 bridgehead atoms. The van der Waals surface area contributed by atoms with Gasteiger partial charge in [-0.25, -0.2) is 4.98 Å². The normalized spacial score (nSPS) is 20.5. The summed E-state index contributed by atoms with van der Waals surface area (Å²) in [6.45, 7) is 6.41. The fraction of sp³-hybridized carbons (Fsp3) is 0.500. The second-order valence-corrected chi connectivity index (χ2v) is 5.12. The molecule has 0 amide bonds. The molecule has 1 fully saturated rings. The monoisotopic (exact) mass is 230 g/mol. The largest absolute Gasteiger partial charge is 0.440 e. The molecule has 2 aromatic rings. The van der Waals surface area contributed by atoms with Crippen molar-refractivity contribution in [2.24, 2.45) is 0 Å². The Morgan fingerprint density at radius 3 is 3.00 bits per heavy atom. The first kappa shape index (κ1) is 10.8. The first-order valence-corrected chi connectivity index (χ1v) is 6.35. The van der Waals surface area contributed by atoms with Crippen LogP contribution in [-0.2, 0) is 0 Å². The van der Waals surface area contributed by atoms with Crippen molar-refractivity contribution in [1.29, 1.82) is 0 Å². The summed E-state index contributed by atoms with van der Waals surface area (Å²) in [5.74, 6) is 1.82. The molecule has 2 heterocycles. The van der Waals surface area contributed by atoms with E-state index in [0.29, 0.717) is 11.8 Å². The van der Waals surface area contributed by atoms with Crippen molar-refractivity contribution in [3.63, 3.8) is 0 Å². The van der Waals surface area contributed by atoms with Gasteiger partial charge in [-0.05, 0) is 36.6 Å². The molecule has 0 saturated carbocycles. The first-order valence-electron chi connectivity index (χ1n) is 6.35. The third kappa shape index (κ3) is 1.95. The van der Waals surface area contributed by atoms with E-state index in [-0.39, 0.29) is 0 Å². The lowest BCUT2D eigenvalue weighted by Crippen LogP contribution is -2.07. The predicted octanol–water partition coefficient (Wildman–Crippen LogP) is 3.03. The summed E-state index contributed by atoms with van der Waals surface area (Å²) in [5.41, 5.74) is 3.28. The second kappa shape index (κ2) is 4.15. The molecule has 3 rings (SSSR count). The second-order valence-electron chi connectivity index (χ2n) is 5.12. The number of nitrogens with zero attached hydrogens (tertiary/aromatic N) is 1. The fourth-order valence-electron chi connectivity index (χ4n) is 2.40. The maximum Gasteiger partial charge on any atom is 0.198 e. The standard InChI is InChI=1S/C14H18N2O/c1-9(2)14-16-12-7-10(3-4-13(12)17-14)11-5-6-15-8-11/h3-4,7,9,11,15H,5-6,8H2,1-2H3. The SMILES string of the molecule is CC(C)c1nc2cc(C3CCNC3)ccc2o1. The van der Waals surface area contributed by atoms with E-state index in [1.165, 1.54) is 12.0 Å². The van der Waals surface area contributed by atoms with E-state index in [9.17, 15) is 0 Å². The number of aromatic nitrogens is 1. The summed E-state index contributed by atoms with van der Waals surface area (Å²) >= 11 is 0. The van der Waals surface area contributed by atoms with E-state index >= 15 is 0 Å². The van der Waals surface area contributed by atoms with Crippen LogP contribution in [0.1, 0.15) is 43.6 Å². The molecule has 1 saturated heterocycles. The van der Waals surface area contributed by atoms with Gasteiger partial charge >= 0.3 is 0 Å². The Balaban J connectivity index is 2.00. The molecule has 90 valence electrons. The summed E-state index contributed by atoms with van der Waals surface area (Å²) in [7, 11) is 0. The van der Waals surface area contributed by atoms with Crippen molar-refractivity contribution in [3.8, 4) is 0 Å². The first-order chi connectivity index (χ1) is 8.24. The van der Waals surface area contributed by atoms with Crippen LogP contribution in [0, 0.1) is 0 Å². The van der Waals surface area contributed by atoms with Gasteiger partial charge < -0.3 is 9.73 Å². The molecule has 0 spiro atoms. The lowest BCUT2D eigenvalue weighted by molar-refractivity contribution is 0.501. The minimum absolute atomic E-state index is 0.346. The molecule has 1 aliphatic heterocycles. The summed E-state index contributed by atoms with van der Waals surface area (Å²) in [6.07, 6.45) is 1.22. The third-order valence-corrected chi connectivity index (χ3v) is 3.45. The molecular weight excluding hydrogens is 212 g/mol. The molecule has 1 aromatic carbocycles. The Hall–Kier alpha value is -1.35. The van der Waals surface area contributed by atoms with Gasteiger partial charge in [0.1, 0.15) is 5.52 Å². The van der Waals surface area contributed by atoms with Crippen molar-refractivity contribution >= 4 is 11.1 Å². The van der Waals surface area contributed by atoms with Gasteiger partial charge in [0.25, 0.3) is 0 Å². The number of hydrogen-bond donors (Lipinski definition) is 1. The average molecular weight is 230 g/mol. The van der Waals surface area contributed by atoms with Crippen molar-refractivity contribution in [2.75, 3.05) is 13.1 Å². The molecule has 1 aliphatic rings. The van der Waals surface area contributed by atoms with E-state index in [2.05, 4.69) is 42.3 Å². The summed E-state index contributed by atoms with van der Waals surface area (Å²) in [6, 6.07) is 6.42. The highest BCUT2D eigenvalue weighted by Gasteiger charge is 2.18. The third-order valence-electron chi connectivity index (χ3n) is 3.45.